The molecule has 30 heavy (non-hydrogen) atoms. The van der Waals surface area contributed by atoms with Crippen molar-refractivity contribution in [3.8, 4) is 5.75 Å². The zero-order chi connectivity index (χ0) is 21.1. The second kappa shape index (κ2) is 9.09. The average Bonchev–Trinajstić information content (AvgIpc) is 3.19. The predicted molar refractivity (Wildman–Crippen MR) is 120 cm³/mol. The molecule has 0 spiro atoms. The number of likely N-dealkylation sites (tertiary alicyclic amines) is 1. The fourth-order valence-electron chi connectivity index (χ4n) is 4.13. The summed E-state index contributed by atoms with van der Waals surface area (Å²) in [5, 5.41) is 0.781. The Labute approximate surface area is 182 Å². The zero-order valence-corrected chi connectivity index (χ0v) is 18.3. The molecule has 1 saturated heterocycles. The number of carbonyl (C=O) groups is 1. The monoisotopic (exact) mass is 425 g/mol. The Morgan fingerprint density at radius 2 is 1.90 bits per heavy atom. The zero-order valence-electron chi connectivity index (χ0n) is 17.6. The van der Waals surface area contributed by atoms with Crippen molar-refractivity contribution in [2.75, 3.05) is 19.7 Å². The number of nitrogens with one attached hydrogen (secondary N) is 1. The van der Waals surface area contributed by atoms with Gasteiger partial charge in [0.15, 0.2) is 0 Å². The van der Waals surface area contributed by atoms with Crippen molar-refractivity contribution < 1.29 is 9.53 Å². The van der Waals surface area contributed by atoms with E-state index < -0.39 is 0 Å². The van der Waals surface area contributed by atoms with Crippen molar-refractivity contribution in [1.29, 1.82) is 0 Å². The fourth-order valence-corrected chi connectivity index (χ4v) is 4.24. The van der Waals surface area contributed by atoms with Gasteiger partial charge in [0, 0.05) is 30.5 Å². The molecule has 1 aliphatic heterocycles. The topological polar surface area (TPSA) is 58.2 Å². The van der Waals surface area contributed by atoms with Gasteiger partial charge in [-0.25, -0.2) is 4.98 Å². The number of H-pyrrole nitrogens is 1. The molecule has 1 aliphatic rings. The Morgan fingerprint density at radius 1 is 1.20 bits per heavy atom. The van der Waals surface area contributed by atoms with Gasteiger partial charge >= 0.3 is 0 Å². The van der Waals surface area contributed by atoms with Crippen molar-refractivity contribution in [3.05, 3.63) is 58.4 Å². The summed E-state index contributed by atoms with van der Waals surface area (Å²) in [4.78, 5) is 22.7. The van der Waals surface area contributed by atoms with Crippen LogP contribution >= 0.6 is 11.6 Å². The number of aromatic nitrogens is 2. The molecule has 1 amide bonds. The predicted octanol–water partition coefficient (Wildman–Crippen LogP) is 5.40. The highest BCUT2D eigenvalue weighted by Gasteiger charge is 2.25. The first kappa shape index (κ1) is 20.7. The lowest BCUT2D eigenvalue weighted by molar-refractivity contribution is -0.132. The maximum Gasteiger partial charge on any atom is 0.222 e. The summed E-state index contributed by atoms with van der Waals surface area (Å²) in [5.41, 5.74) is 4.11. The molecule has 0 aliphatic carbocycles. The number of fused-ring (bicyclic) bond motifs is 1. The number of nitrogens with zero attached hydrogens (tertiary/aromatic N) is 2. The molecule has 1 N–H and O–H groups in total. The molecule has 5 nitrogen and oxygen atoms in total. The van der Waals surface area contributed by atoms with Gasteiger partial charge in [-0.3, -0.25) is 4.79 Å². The number of piperidine rings is 1. The van der Waals surface area contributed by atoms with Crippen LogP contribution in [0.4, 0.5) is 0 Å². The molecule has 0 unspecified atom stereocenters. The maximum atomic E-state index is 12.6. The quantitative estimate of drug-likeness (QED) is 0.538. The second-order valence-electron chi connectivity index (χ2n) is 8.12. The first-order chi connectivity index (χ1) is 14.5. The number of rotatable bonds is 6. The number of benzene rings is 2. The lowest BCUT2D eigenvalue weighted by Gasteiger charge is -2.31. The molecule has 0 radical (unpaired) electrons. The number of ether oxygens (including phenoxy) is 1. The Kier molecular flexibility index (Phi) is 6.28. The first-order valence-electron chi connectivity index (χ1n) is 10.6. The second-order valence-corrected chi connectivity index (χ2v) is 8.50. The van der Waals surface area contributed by atoms with E-state index in [0.717, 1.165) is 64.7 Å². The van der Waals surface area contributed by atoms with E-state index in [2.05, 4.69) is 11.1 Å². The third-order valence-corrected chi connectivity index (χ3v) is 6.45. The van der Waals surface area contributed by atoms with Gasteiger partial charge in [-0.2, -0.15) is 0 Å². The summed E-state index contributed by atoms with van der Waals surface area (Å²) in [6, 6.07) is 12.0. The van der Waals surface area contributed by atoms with Crippen molar-refractivity contribution >= 4 is 28.5 Å². The first-order valence-corrected chi connectivity index (χ1v) is 11.0. The van der Waals surface area contributed by atoms with Crippen LogP contribution in [0.25, 0.3) is 11.0 Å². The van der Waals surface area contributed by atoms with Crippen LogP contribution in [0.3, 0.4) is 0 Å². The Bertz CT molecular complexity index is 982. The normalized spacial score (nSPS) is 15.0. The van der Waals surface area contributed by atoms with E-state index in [4.69, 9.17) is 21.3 Å². The molecule has 158 valence electrons. The van der Waals surface area contributed by atoms with Crippen LogP contribution in [0.2, 0.25) is 5.02 Å². The minimum absolute atomic E-state index is 0.213. The van der Waals surface area contributed by atoms with E-state index in [0.29, 0.717) is 25.4 Å². The number of amides is 1. The van der Waals surface area contributed by atoms with Gasteiger partial charge < -0.3 is 14.6 Å². The number of hydrogen-bond acceptors (Lipinski definition) is 3. The van der Waals surface area contributed by atoms with E-state index >= 15 is 0 Å². The van der Waals surface area contributed by atoms with Crippen LogP contribution in [0, 0.1) is 13.8 Å². The van der Waals surface area contributed by atoms with E-state index in [-0.39, 0.29) is 5.91 Å². The van der Waals surface area contributed by atoms with Crippen LogP contribution in [-0.2, 0) is 4.79 Å². The summed E-state index contributed by atoms with van der Waals surface area (Å²) >= 11 is 6.20. The molecule has 0 bridgehead atoms. The van der Waals surface area contributed by atoms with Gasteiger partial charge in [0.05, 0.1) is 17.6 Å². The van der Waals surface area contributed by atoms with Crippen molar-refractivity contribution in [2.45, 2.75) is 45.4 Å². The minimum Gasteiger partial charge on any atom is -0.494 e. The van der Waals surface area contributed by atoms with Crippen LogP contribution in [-0.4, -0.2) is 40.5 Å². The lowest BCUT2D eigenvalue weighted by atomic mass is 9.96. The van der Waals surface area contributed by atoms with Crippen molar-refractivity contribution in [2.24, 2.45) is 0 Å². The number of hydrogen-bond donors (Lipinski definition) is 1. The highest BCUT2D eigenvalue weighted by Crippen LogP contribution is 2.28. The molecule has 0 atom stereocenters. The third-order valence-electron chi connectivity index (χ3n) is 5.86. The van der Waals surface area contributed by atoms with Gasteiger partial charge in [0.2, 0.25) is 5.91 Å². The van der Waals surface area contributed by atoms with Crippen molar-refractivity contribution in [1.82, 2.24) is 14.9 Å². The Morgan fingerprint density at radius 3 is 2.60 bits per heavy atom. The number of aromatic amines is 1. The molecule has 1 aromatic heterocycles. The van der Waals surface area contributed by atoms with Crippen molar-refractivity contribution in [3.63, 3.8) is 0 Å². The summed E-state index contributed by atoms with van der Waals surface area (Å²) in [7, 11) is 0. The molecule has 2 heterocycles. The van der Waals surface area contributed by atoms with E-state index in [9.17, 15) is 4.79 Å². The average molecular weight is 426 g/mol. The summed E-state index contributed by atoms with van der Waals surface area (Å²) in [5.74, 6) is 2.46. The maximum absolute atomic E-state index is 12.6. The van der Waals surface area contributed by atoms with Crippen LogP contribution < -0.4 is 4.74 Å². The van der Waals surface area contributed by atoms with E-state index in [1.807, 2.05) is 49.1 Å². The number of carbonyl (C=O) groups excluding carboxylic acids is 1. The van der Waals surface area contributed by atoms with Gasteiger partial charge in [0.1, 0.15) is 11.6 Å². The summed E-state index contributed by atoms with van der Waals surface area (Å²) in [6.45, 7) is 6.05. The van der Waals surface area contributed by atoms with Gasteiger partial charge in [-0.15, -0.1) is 0 Å². The smallest absolute Gasteiger partial charge is 0.222 e. The molecule has 1 fully saturated rings. The van der Waals surface area contributed by atoms with Crippen LogP contribution in [0.5, 0.6) is 5.75 Å². The summed E-state index contributed by atoms with van der Waals surface area (Å²) in [6.07, 6.45) is 3.13. The molecular formula is C24H28ClN3O2. The SMILES string of the molecule is Cc1cc(OCCCC(=O)N2CCC(c3nc4ccccc4[nH]3)CC2)cc(C)c1Cl. The molecular weight excluding hydrogens is 398 g/mol. The number of halogens is 1. The highest BCUT2D eigenvalue weighted by atomic mass is 35.5. The van der Waals surface area contributed by atoms with E-state index in [1.54, 1.807) is 0 Å². The third kappa shape index (κ3) is 4.62. The van der Waals surface area contributed by atoms with Crippen LogP contribution in [0.1, 0.15) is 48.6 Å². The van der Waals surface area contributed by atoms with Gasteiger partial charge in [0.25, 0.3) is 0 Å². The highest BCUT2D eigenvalue weighted by molar-refractivity contribution is 6.32. The van der Waals surface area contributed by atoms with Gasteiger partial charge in [-0.1, -0.05) is 23.7 Å². The Balaban J connectivity index is 1.22. The van der Waals surface area contributed by atoms with Crippen LogP contribution in [0.15, 0.2) is 36.4 Å². The minimum atomic E-state index is 0.213. The molecule has 2 aromatic carbocycles. The molecule has 0 saturated carbocycles. The Hall–Kier alpha value is -2.53. The van der Waals surface area contributed by atoms with E-state index in [1.165, 1.54) is 0 Å². The molecule has 3 aromatic rings. The number of aryl methyl sites for hydroxylation is 2. The number of para-hydroxylation sites is 2. The molecule has 6 heteroatoms. The standard InChI is InChI=1S/C24H28ClN3O2/c1-16-14-19(15-17(2)23(16)25)30-13-5-8-22(29)28-11-9-18(10-12-28)24-26-20-6-3-4-7-21(20)27-24/h3-4,6-7,14-15,18H,5,8-13H2,1-2H3,(H,26,27). The summed E-state index contributed by atoms with van der Waals surface area (Å²) < 4.78 is 5.82. The lowest BCUT2D eigenvalue weighted by Crippen LogP contribution is -2.38. The number of imidazole rings is 1. The largest absolute Gasteiger partial charge is 0.494 e. The molecule has 4 rings (SSSR count). The van der Waals surface area contributed by atoms with Gasteiger partial charge in [-0.05, 0) is 68.5 Å². The fraction of sp³-hybridized carbons (Fsp3) is 0.417.